The minimum absolute atomic E-state index is 0.0580. The Morgan fingerprint density at radius 1 is 1.18 bits per heavy atom. The molecule has 0 bridgehead atoms. The molecule has 3 aliphatic carbocycles. The van der Waals surface area contributed by atoms with Crippen molar-refractivity contribution in [2.24, 2.45) is 17.8 Å². The summed E-state index contributed by atoms with van der Waals surface area (Å²) in [6.45, 7) is 2.34. The van der Waals surface area contributed by atoms with E-state index in [9.17, 15) is 27.6 Å². The molecular weight excluding hydrogens is 602 g/mol. The molecule has 4 aliphatic rings. The van der Waals surface area contributed by atoms with Gasteiger partial charge in [-0.15, -0.1) is 0 Å². The Morgan fingerprint density at radius 3 is 2.69 bits per heavy atom. The van der Waals surface area contributed by atoms with Crippen molar-refractivity contribution in [3.63, 3.8) is 0 Å². The van der Waals surface area contributed by atoms with E-state index in [1.807, 2.05) is 25.1 Å². The van der Waals surface area contributed by atoms with Gasteiger partial charge < -0.3 is 19.4 Å². The summed E-state index contributed by atoms with van der Waals surface area (Å²) >= 11 is 0. The van der Waals surface area contributed by atoms with E-state index in [-0.39, 0.29) is 31.1 Å². The monoisotopic (exact) mass is 639 g/mol. The van der Waals surface area contributed by atoms with Crippen molar-refractivity contribution >= 4 is 39.5 Å². The number of amides is 4. The predicted molar refractivity (Wildman–Crippen MR) is 162 cm³/mol. The van der Waals surface area contributed by atoms with E-state index in [4.69, 9.17) is 9.15 Å². The third-order valence-electron chi connectivity index (χ3n) is 9.09. The van der Waals surface area contributed by atoms with Crippen LogP contribution in [0.1, 0.15) is 50.5 Å². The smallest absolute Gasteiger partial charge is 0.411 e. The van der Waals surface area contributed by atoms with Gasteiger partial charge in [0.25, 0.3) is 5.91 Å². The van der Waals surface area contributed by atoms with Crippen LogP contribution in [-0.4, -0.2) is 72.6 Å². The highest BCUT2D eigenvalue weighted by Crippen LogP contribution is 2.47. The van der Waals surface area contributed by atoms with Crippen molar-refractivity contribution in [2.75, 3.05) is 18.9 Å². The molecule has 14 heteroatoms. The number of nitrogens with zero attached hydrogens (tertiary/aromatic N) is 2. The highest BCUT2D eigenvalue weighted by Gasteiger charge is 2.62. The van der Waals surface area contributed by atoms with Crippen LogP contribution < -0.4 is 15.4 Å². The van der Waals surface area contributed by atoms with Crippen molar-refractivity contribution in [1.29, 1.82) is 0 Å². The zero-order chi connectivity index (χ0) is 31.9. The number of carbonyl (C=O) groups is 4. The number of aryl methyl sites for hydroxylation is 1. The van der Waals surface area contributed by atoms with Gasteiger partial charge >= 0.3 is 6.09 Å². The first kappa shape index (κ1) is 30.8. The van der Waals surface area contributed by atoms with Crippen LogP contribution in [-0.2, 0) is 29.1 Å². The van der Waals surface area contributed by atoms with Crippen LogP contribution in [0, 0.1) is 24.7 Å². The fourth-order valence-corrected chi connectivity index (χ4v) is 7.69. The predicted octanol–water partition coefficient (Wildman–Crippen LogP) is 2.89. The molecule has 1 aliphatic heterocycles. The minimum Gasteiger partial charge on any atom is -0.446 e. The molecule has 3 fully saturated rings. The van der Waals surface area contributed by atoms with Crippen LogP contribution in [0.4, 0.5) is 10.5 Å². The summed E-state index contributed by atoms with van der Waals surface area (Å²) in [6.07, 6.45) is 7.87. The highest BCUT2D eigenvalue weighted by atomic mass is 32.2. The SMILES string of the molecule is Cc1ccc(-c2ncco2)c(NC(=O)O[C@@H]2C[C@H]3C(=O)N[C@]4(C(=O)NS(=O)(=O)C5CC5)C[C@H]4/C=C\CCCN(C)C(=O)[C@@H]3C2)c1. The van der Waals surface area contributed by atoms with E-state index in [1.54, 1.807) is 24.1 Å². The lowest BCUT2D eigenvalue weighted by Crippen LogP contribution is -2.54. The van der Waals surface area contributed by atoms with E-state index in [2.05, 4.69) is 20.3 Å². The fraction of sp³-hybridized carbons (Fsp3) is 0.516. The third-order valence-corrected chi connectivity index (χ3v) is 10.9. The number of hydrogen-bond acceptors (Lipinski definition) is 9. The first-order chi connectivity index (χ1) is 21.5. The molecular formula is C31H37N5O8S. The molecule has 240 valence electrons. The summed E-state index contributed by atoms with van der Waals surface area (Å²) in [6, 6.07) is 5.39. The number of oxazole rings is 1. The summed E-state index contributed by atoms with van der Waals surface area (Å²) in [5.74, 6) is -3.32. The van der Waals surface area contributed by atoms with Gasteiger partial charge in [-0.3, -0.25) is 24.4 Å². The van der Waals surface area contributed by atoms with E-state index in [0.717, 1.165) is 5.56 Å². The molecule has 3 N–H and O–H groups in total. The summed E-state index contributed by atoms with van der Waals surface area (Å²) < 4.78 is 38.5. The fourth-order valence-electron chi connectivity index (χ4n) is 6.32. The maximum absolute atomic E-state index is 13.8. The van der Waals surface area contributed by atoms with Crippen molar-refractivity contribution in [2.45, 2.75) is 68.8 Å². The Bertz CT molecular complexity index is 1640. The summed E-state index contributed by atoms with van der Waals surface area (Å²) in [5.41, 5.74) is 0.443. The lowest BCUT2D eigenvalue weighted by atomic mass is 9.93. The number of anilines is 1. The van der Waals surface area contributed by atoms with Gasteiger partial charge in [0.1, 0.15) is 17.9 Å². The van der Waals surface area contributed by atoms with Gasteiger partial charge in [0.15, 0.2) is 0 Å². The van der Waals surface area contributed by atoms with E-state index < -0.39 is 56.7 Å². The van der Waals surface area contributed by atoms with Gasteiger partial charge in [0.2, 0.25) is 27.7 Å². The number of allylic oxidation sites excluding steroid dienone is 1. The zero-order valence-corrected chi connectivity index (χ0v) is 26.0. The van der Waals surface area contributed by atoms with Gasteiger partial charge in [0, 0.05) is 19.5 Å². The van der Waals surface area contributed by atoms with E-state index >= 15 is 0 Å². The van der Waals surface area contributed by atoms with Gasteiger partial charge in [-0.1, -0.05) is 18.2 Å². The number of aromatic nitrogens is 1. The molecule has 0 saturated heterocycles. The van der Waals surface area contributed by atoms with Crippen LogP contribution in [0.15, 0.2) is 47.2 Å². The third kappa shape index (κ3) is 6.46. The van der Waals surface area contributed by atoms with Crippen molar-refractivity contribution in [1.82, 2.24) is 19.9 Å². The molecule has 5 atom stereocenters. The van der Waals surface area contributed by atoms with Gasteiger partial charge in [-0.05, 0) is 69.6 Å². The topological polar surface area (TPSA) is 177 Å². The van der Waals surface area contributed by atoms with Crippen LogP contribution in [0.25, 0.3) is 11.5 Å². The van der Waals surface area contributed by atoms with Gasteiger partial charge in [-0.25, -0.2) is 18.2 Å². The number of hydrogen-bond donors (Lipinski definition) is 3. The second kappa shape index (κ2) is 12.0. The Hall–Kier alpha value is -4.20. The average Bonchev–Trinajstić information content (AvgIpc) is 3.85. The largest absolute Gasteiger partial charge is 0.446 e. The van der Waals surface area contributed by atoms with E-state index in [0.29, 0.717) is 49.4 Å². The second-order valence-electron chi connectivity index (χ2n) is 12.5. The summed E-state index contributed by atoms with van der Waals surface area (Å²) in [4.78, 5) is 59.6. The zero-order valence-electron chi connectivity index (χ0n) is 25.2. The van der Waals surface area contributed by atoms with Crippen molar-refractivity contribution in [3.05, 3.63) is 48.4 Å². The number of benzene rings is 1. The lowest BCUT2D eigenvalue weighted by molar-refractivity contribution is -0.140. The Kier molecular flexibility index (Phi) is 8.18. The maximum atomic E-state index is 13.8. The average molecular weight is 640 g/mol. The van der Waals surface area contributed by atoms with Gasteiger partial charge in [-0.2, -0.15) is 0 Å². The number of fused-ring (bicyclic) bond motifs is 2. The molecule has 45 heavy (non-hydrogen) atoms. The Balaban J connectivity index is 1.20. The second-order valence-corrected chi connectivity index (χ2v) is 14.5. The Morgan fingerprint density at radius 2 is 1.96 bits per heavy atom. The Labute approximate surface area is 261 Å². The molecule has 6 rings (SSSR count). The lowest BCUT2D eigenvalue weighted by Gasteiger charge is -2.26. The first-order valence-corrected chi connectivity index (χ1v) is 16.8. The van der Waals surface area contributed by atoms with Gasteiger partial charge in [0.05, 0.1) is 34.5 Å². The molecule has 13 nitrogen and oxygen atoms in total. The maximum Gasteiger partial charge on any atom is 0.411 e. The van der Waals surface area contributed by atoms with Crippen molar-refractivity contribution < 1.29 is 36.7 Å². The molecule has 0 spiro atoms. The quantitative estimate of drug-likeness (QED) is 0.401. The molecule has 1 aromatic carbocycles. The molecule has 1 aromatic heterocycles. The standard InChI is InChI=1S/C31H37N5O8S/c1-18-7-10-22(27-32-11-13-43-27)25(14-18)33-30(40)44-20-15-23-24(16-20)28(38)36(2)12-5-3-4-6-19-17-31(19,34-26(23)37)29(39)35-45(41,42)21-8-9-21/h4,6-7,10-11,13-14,19-21,23-24H,3,5,8-9,12,15-17H2,1-2H3,(H,33,40)(H,34,37)(H,35,39)/b6-4-/t19-,20-,23-,24-,31-/m1/s1. The van der Waals surface area contributed by atoms with Crippen LogP contribution in [0.3, 0.4) is 0 Å². The number of rotatable bonds is 6. The number of nitrogens with one attached hydrogen (secondary N) is 3. The summed E-state index contributed by atoms with van der Waals surface area (Å²) in [7, 11) is -2.15. The number of sulfonamides is 1. The molecule has 2 aromatic rings. The minimum atomic E-state index is -3.83. The number of ether oxygens (including phenoxy) is 1. The first-order valence-electron chi connectivity index (χ1n) is 15.2. The normalized spacial score (nSPS) is 29.2. The highest BCUT2D eigenvalue weighted by molar-refractivity contribution is 7.91. The summed E-state index contributed by atoms with van der Waals surface area (Å²) in [5, 5.41) is 4.97. The van der Waals surface area contributed by atoms with E-state index in [1.165, 1.54) is 12.5 Å². The van der Waals surface area contributed by atoms with Crippen LogP contribution >= 0.6 is 0 Å². The number of carbonyl (C=O) groups excluding carboxylic acids is 4. The molecule has 3 saturated carbocycles. The molecule has 2 heterocycles. The van der Waals surface area contributed by atoms with Crippen molar-refractivity contribution in [3.8, 4) is 11.5 Å². The molecule has 4 amide bonds. The molecule has 0 unspecified atom stereocenters. The van der Waals surface area contributed by atoms with Crippen LogP contribution in [0.5, 0.6) is 0 Å². The van der Waals surface area contributed by atoms with Crippen LogP contribution in [0.2, 0.25) is 0 Å². The molecule has 0 radical (unpaired) electrons.